The Bertz CT molecular complexity index is 1170. The molecule has 0 aliphatic carbocycles. The number of nitrogens with zero attached hydrogens (tertiary/aromatic N) is 1. The van der Waals surface area contributed by atoms with E-state index in [2.05, 4.69) is 10.6 Å². The zero-order valence-corrected chi connectivity index (χ0v) is 20.6. The zero-order valence-electron chi connectivity index (χ0n) is 19.8. The van der Waals surface area contributed by atoms with Crippen LogP contribution < -0.4 is 10.6 Å². The molecule has 3 amide bonds. The molecule has 5 atom stereocenters. The minimum Gasteiger partial charge on any atom is -0.359 e. The van der Waals surface area contributed by atoms with E-state index in [-0.39, 0.29) is 36.6 Å². The fourth-order valence-corrected chi connectivity index (χ4v) is 6.06. The lowest BCUT2D eigenvalue weighted by Crippen LogP contribution is -2.57. The SMILES string of the molecule is CC(C)(C)NC(=O)[C@H]1N(Cc2cccs2)C(=O)[C@H]2[C@@H](C(=O)NCc3ccc(F)cc3)[C@H]3C=C[C@]21O3. The third kappa shape index (κ3) is 4.16. The lowest BCUT2D eigenvalue weighted by molar-refractivity contribution is -0.142. The van der Waals surface area contributed by atoms with Gasteiger partial charge in [0, 0.05) is 17.0 Å². The van der Waals surface area contributed by atoms with Crippen molar-refractivity contribution < 1.29 is 23.5 Å². The molecule has 2 fully saturated rings. The molecule has 0 unspecified atom stereocenters. The fraction of sp³-hybridized carbons (Fsp3) is 0.423. The van der Waals surface area contributed by atoms with Gasteiger partial charge in [-0.1, -0.05) is 30.4 Å². The summed E-state index contributed by atoms with van der Waals surface area (Å²) in [6, 6.07) is 8.80. The van der Waals surface area contributed by atoms with E-state index >= 15 is 0 Å². The molecule has 1 spiro atoms. The van der Waals surface area contributed by atoms with Gasteiger partial charge in [0.2, 0.25) is 17.7 Å². The Balaban J connectivity index is 1.43. The number of carbonyl (C=O) groups excluding carboxylic acids is 3. The van der Waals surface area contributed by atoms with Crippen LogP contribution in [0.4, 0.5) is 4.39 Å². The smallest absolute Gasteiger partial charge is 0.246 e. The van der Waals surface area contributed by atoms with E-state index in [4.69, 9.17) is 4.74 Å². The summed E-state index contributed by atoms with van der Waals surface area (Å²) in [6.45, 7) is 6.12. The Morgan fingerprint density at radius 1 is 1.17 bits per heavy atom. The van der Waals surface area contributed by atoms with Crippen molar-refractivity contribution in [1.82, 2.24) is 15.5 Å². The highest BCUT2D eigenvalue weighted by Crippen LogP contribution is 2.55. The predicted octanol–water partition coefficient (Wildman–Crippen LogP) is 2.77. The van der Waals surface area contributed by atoms with Crippen LogP contribution in [-0.2, 0) is 32.2 Å². The van der Waals surface area contributed by atoms with E-state index in [1.165, 1.54) is 23.5 Å². The average molecular weight is 498 g/mol. The number of ether oxygens (including phenoxy) is 1. The molecule has 5 rings (SSSR count). The van der Waals surface area contributed by atoms with Crippen molar-refractivity contribution in [3.8, 4) is 0 Å². The summed E-state index contributed by atoms with van der Waals surface area (Å²) in [4.78, 5) is 43.2. The number of amides is 3. The molecule has 9 heteroatoms. The highest BCUT2D eigenvalue weighted by Gasteiger charge is 2.72. The minimum atomic E-state index is -1.20. The molecule has 7 nitrogen and oxygen atoms in total. The summed E-state index contributed by atoms with van der Waals surface area (Å²) in [7, 11) is 0. The van der Waals surface area contributed by atoms with Crippen molar-refractivity contribution in [2.24, 2.45) is 11.8 Å². The number of hydrogen-bond acceptors (Lipinski definition) is 5. The molecule has 2 aromatic rings. The second-order valence-electron chi connectivity index (χ2n) is 10.3. The van der Waals surface area contributed by atoms with Gasteiger partial charge >= 0.3 is 0 Å². The molecule has 2 saturated heterocycles. The topological polar surface area (TPSA) is 87.7 Å². The van der Waals surface area contributed by atoms with Gasteiger partial charge in [-0.25, -0.2) is 4.39 Å². The summed E-state index contributed by atoms with van der Waals surface area (Å²) in [5.74, 6) is -2.80. The molecular formula is C26H28FN3O4S. The van der Waals surface area contributed by atoms with Crippen LogP contribution in [0.25, 0.3) is 0 Å². The third-order valence-corrected chi connectivity index (χ3v) is 7.57. The summed E-state index contributed by atoms with van der Waals surface area (Å²) >= 11 is 1.51. The first-order valence-corrected chi connectivity index (χ1v) is 12.5. The number of fused-ring (bicyclic) bond motifs is 1. The van der Waals surface area contributed by atoms with Crippen LogP contribution in [0.5, 0.6) is 0 Å². The van der Waals surface area contributed by atoms with Crippen LogP contribution in [0.15, 0.2) is 53.9 Å². The molecule has 0 saturated carbocycles. The van der Waals surface area contributed by atoms with Crippen LogP contribution in [0.3, 0.4) is 0 Å². The zero-order chi connectivity index (χ0) is 25.0. The van der Waals surface area contributed by atoms with Gasteiger partial charge in [-0.05, 0) is 49.9 Å². The number of hydrogen-bond donors (Lipinski definition) is 2. The van der Waals surface area contributed by atoms with E-state index in [1.807, 2.05) is 38.3 Å². The first kappa shape index (κ1) is 23.7. The highest BCUT2D eigenvalue weighted by atomic mass is 32.1. The first-order chi connectivity index (χ1) is 16.6. The third-order valence-electron chi connectivity index (χ3n) is 6.71. The standard InChI is InChI=1S/C26H28FN3O4S/c1-25(2,3)29-23(32)21-26-11-10-18(34-26)19(22(31)28-13-15-6-8-16(27)9-7-15)20(26)24(33)30(21)14-17-5-4-12-35-17/h4-12,18-21H,13-14H2,1-3H3,(H,28,31)(H,29,32)/t18-,19+,20-,21-,26+/m1/s1. The Labute approximate surface area is 207 Å². The van der Waals surface area contributed by atoms with E-state index in [0.717, 1.165) is 10.4 Å². The van der Waals surface area contributed by atoms with Crippen molar-refractivity contribution >= 4 is 29.1 Å². The number of nitrogens with one attached hydrogen (secondary N) is 2. The normalized spacial score (nSPS) is 28.9. The van der Waals surface area contributed by atoms with Crippen LogP contribution in [0.1, 0.15) is 31.2 Å². The van der Waals surface area contributed by atoms with Gasteiger partial charge in [0.25, 0.3) is 0 Å². The van der Waals surface area contributed by atoms with Crippen molar-refractivity contribution in [1.29, 1.82) is 0 Å². The van der Waals surface area contributed by atoms with Gasteiger partial charge in [-0.2, -0.15) is 0 Å². The molecule has 184 valence electrons. The summed E-state index contributed by atoms with van der Waals surface area (Å²) in [5.41, 5.74) is -0.962. The van der Waals surface area contributed by atoms with Gasteiger partial charge in [-0.3, -0.25) is 14.4 Å². The first-order valence-electron chi connectivity index (χ1n) is 11.6. The van der Waals surface area contributed by atoms with Gasteiger partial charge in [0.05, 0.1) is 24.5 Å². The van der Waals surface area contributed by atoms with Crippen LogP contribution >= 0.6 is 11.3 Å². The Hall–Kier alpha value is -3.04. The maximum absolute atomic E-state index is 13.8. The number of carbonyl (C=O) groups is 3. The predicted molar refractivity (Wildman–Crippen MR) is 129 cm³/mol. The lowest BCUT2D eigenvalue weighted by atomic mass is 9.74. The largest absolute Gasteiger partial charge is 0.359 e. The summed E-state index contributed by atoms with van der Waals surface area (Å²) < 4.78 is 19.5. The van der Waals surface area contributed by atoms with E-state index < -0.39 is 35.1 Å². The van der Waals surface area contributed by atoms with Crippen molar-refractivity contribution in [3.63, 3.8) is 0 Å². The second kappa shape index (κ2) is 8.57. The van der Waals surface area contributed by atoms with Gasteiger partial charge < -0.3 is 20.3 Å². The fourth-order valence-electron chi connectivity index (χ4n) is 5.36. The van der Waals surface area contributed by atoms with E-state index in [0.29, 0.717) is 0 Å². The van der Waals surface area contributed by atoms with Crippen LogP contribution in [0, 0.1) is 17.7 Å². The second-order valence-corrected chi connectivity index (χ2v) is 11.4. The maximum atomic E-state index is 13.8. The lowest BCUT2D eigenvalue weighted by Gasteiger charge is -2.34. The number of likely N-dealkylation sites (tertiary alicyclic amines) is 1. The van der Waals surface area contributed by atoms with E-state index in [9.17, 15) is 18.8 Å². The Kier molecular flexibility index (Phi) is 5.80. The van der Waals surface area contributed by atoms with Gasteiger partial charge in [-0.15, -0.1) is 11.3 Å². The monoisotopic (exact) mass is 497 g/mol. The maximum Gasteiger partial charge on any atom is 0.246 e. The van der Waals surface area contributed by atoms with Crippen molar-refractivity contribution in [3.05, 3.63) is 70.2 Å². The van der Waals surface area contributed by atoms with Crippen molar-refractivity contribution in [2.75, 3.05) is 0 Å². The van der Waals surface area contributed by atoms with Gasteiger partial charge in [0.15, 0.2) is 0 Å². The quantitative estimate of drug-likeness (QED) is 0.601. The van der Waals surface area contributed by atoms with Crippen LogP contribution in [0.2, 0.25) is 0 Å². The highest BCUT2D eigenvalue weighted by molar-refractivity contribution is 7.09. The van der Waals surface area contributed by atoms with Gasteiger partial charge in [0.1, 0.15) is 17.5 Å². The van der Waals surface area contributed by atoms with Crippen molar-refractivity contribution in [2.45, 2.75) is 57.1 Å². The van der Waals surface area contributed by atoms with Crippen LogP contribution in [-0.4, -0.2) is 45.9 Å². The average Bonchev–Trinajstić information content (AvgIpc) is 3.55. The molecule has 0 radical (unpaired) electrons. The number of benzene rings is 1. The molecule has 4 heterocycles. The molecule has 1 aromatic carbocycles. The molecule has 3 aliphatic heterocycles. The molecule has 35 heavy (non-hydrogen) atoms. The Morgan fingerprint density at radius 3 is 2.57 bits per heavy atom. The molecule has 3 aliphatic rings. The summed E-state index contributed by atoms with van der Waals surface area (Å²) in [5, 5.41) is 7.80. The number of halogens is 1. The molecule has 2 bridgehead atoms. The molecule has 1 aromatic heterocycles. The van der Waals surface area contributed by atoms with E-state index in [1.54, 1.807) is 29.2 Å². The number of thiophene rings is 1. The minimum absolute atomic E-state index is 0.201. The Morgan fingerprint density at radius 2 is 1.91 bits per heavy atom. The summed E-state index contributed by atoms with van der Waals surface area (Å²) in [6.07, 6.45) is 2.99. The molecule has 2 N–H and O–H groups in total. The molecular weight excluding hydrogens is 469 g/mol. The number of rotatable bonds is 6.